The van der Waals surface area contributed by atoms with Crippen molar-refractivity contribution in [2.75, 3.05) is 25.6 Å². The van der Waals surface area contributed by atoms with E-state index in [2.05, 4.69) is 5.32 Å². The van der Waals surface area contributed by atoms with Crippen LogP contribution in [0.5, 0.6) is 5.75 Å². The lowest BCUT2D eigenvalue weighted by Crippen LogP contribution is -2.17. The lowest BCUT2D eigenvalue weighted by molar-refractivity contribution is 0.415. The SMILES string of the molecule is CCNCc1cc(F)ccc1N(C)c1ccccc1OC. The first-order chi connectivity index (χ1) is 10.2. The van der Waals surface area contributed by atoms with Gasteiger partial charge in [0.2, 0.25) is 0 Å². The Labute approximate surface area is 125 Å². The molecule has 112 valence electrons. The second kappa shape index (κ2) is 7.09. The van der Waals surface area contributed by atoms with Crippen molar-refractivity contribution in [2.45, 2.75) is 13.5 Å². The van der Waals surface area contributed by atoms with E-state index in [1.54, 1.807) is 19.2 Å². The van der Waals surface area contributed by atoms with Gasteiger partial charge in [-0.3, -0.25) is 0 Å². The zero-order valence-electron chi connectivity index (χ0n) is 12.7. The van der Waals surface area contributed by atoms with Crippen molar-refractivity contribution >= 4 is 11.4 Å². The van der Waals surface area contributed by atoms with Crippen LogP contribution in [0.25, 0.3) is 0 Å². The van der Waals surface area contributed by atoms with Crippen molar-refractivity contribution in [3.05, 3.63) is 53.8 Å². The Balaban J connectivity index is 2.40. The van der Waals surface area contributed by atoms with Crippen LogP contribution in [0.3, 0.4) is 0 Å². The van der Waals surface area contributed by atoms with Crippen LogP contribution in [0, 0.1) is 5.82 Å². The summed E-state index contributed by atoms with van der Waals surface area (Å²) in [6, 6.07) is 12.6. The summed E-state index contributed by atoms with van der Waals surface area (Å²) in [5.74, 6) is 0.568. The molecule has 0 fully saturated rings. The van der Waals surface area contributed by atoms with Gasteiger partial charge in [-0.05, 0) is 42.4 Å². The molecule has 4 heteroatoms. The lowest BCUT2D eigenvalue weighted by atomic mass is 10.1. The first kappa shape index (κ1) is 15.3. The number of ether oxygens (including phenoxy) is 1. The quantitative estimate of drug-likeness (QED) is 0.877. The molecule has 3 nitrogen and oxygen atoms in total. The molecule has 0 amide bonds. The molecule has 0 unspecified atom stereocenters. The molecule has 0 aromatic heterocycles. The highest BCUT2D eigenvalue weighted by molar-refractivity contribution is 5.70. The molecular formula is C17H21FN2O. The van der Waals surface area contributed by atoms with Crippen LogP contribution in [0.1, 0.15) is 12.5 Å². The van der Waals surface area contributed by atoms with E-state index in [1.807, 2.05) is 43.1 Å². The van der Waals surface area contributed by atoms with E-state index >= 15 is 0 Å². The fraction of sp³-hybridized carbons (Fsp3) is 0.294. The van der Waals surface area contributed by atoms with Crippen molar-refractivity contribution in [3.8, 4) is 5.75 Å². The van der Waals surface area contributed by atoms with E-state index in [0.717, 1.165) is 29.2 Å². The summed E-state index contributed by atoms with van der Waals surface area (Å²) in [5.41, 5.74) is 2.83. The molecule has 21 heavy (non-hydrogen) atoms. The minimum Gasteiger partial charge on any atom is -0.495 e. The predicted molar refractivity (Wildman–Crippen MR) is 84.8 cm³/mol. The monoisotopic (exact) mass is 288 g/mol. The maximum atomic E-state index is 13.5. The van der Waals surface area contributed by atoms with Gasteiger partial charge in [0.25, 0.3) is 0 Å². The first-order valence-corrected chi connectivity index (χ1v) is 7.03. The summed E-state index contributed by atoms with van der Waals surface area (Å²) in [7, 11) is 3.61. The number of hydrogen-bond donors (Lipinski definition) is 1. The molecule has 1 N–H and O–H groups in total. The van der Waals surface area contributed by atoms with E-state index in [-0.39, 0.29) is 5.82 Å². The van der Waals surface area contributed by atoms with Gasteiger partial charge in [-0.25, -0.2) is 4.39 Å². The normalized spacial score (nSPS) is 10.5. The average molecular weight is 288 g/mol. The van der Waals surface area contributed by atoms with Gasteiger partial charge in [0.05, 0.1) is 12.8 Å². The molecule has 0 saturated carbocycles. The molecule has 2 rings (SSSR count). The standard InChI is InChI=1S/C17H21FN2O/c1-4-19-12-13-11-14(18)9-10-15(13)20(2)16-7-5-6-8-17(16)21-3/h5-11,19H,4,12H2,1-3H3. The van der Waals surface area contributed by atoms with Crippen LogP contribution in [0.15, 0.2) is 42.5 Å². The Hall–Kier alpha value is -2.07. The number of rotatable bonds is 6. The fourth-order valence-corrected chi connectivity index (χ4v) is 2.32. The molecule has 0 aliphatic heterocycles. The Morgan fingerprint density at radius 3 is 2.62 bits per heavy atom. The van der Waals surface area contributed by atoms with E-state index in [4.69, 9.17) is 4.74 Å². The highest BCUT2D eigenvalue weighted by atomic mass is 19.1. The lowest BCUT2D eigenvalue weighted by Gasteiger charge is -2.24. The minimum atomic E-state index is -0.222. The minimum absolute atomic E-state index is 0.222. The number of hydrogen-bond acceptors (Lipinski definition) is 3. The average Bonchev–Trinajstić information content (AvgIpc) is 2.52. The Morgan fingerprint density at radius 1 is 1.14 bits per heavy atom. The van der Waals surface area contributed by atoms with Gasteiger partial charge in [0, 0.05) is 19.3 Å². The van der Waals surface area contributed by atoms with Crippen LogP contribution < -0.4 is 15.0 Å². The van der Waals surface area contributed by atoms with Crippen LogP contribution in [-0.2, 0) is 6.54 Å². The molecule has 0 spiro atoms. The van der Waals surface area contributed by atoms with E-state index in [1.165, 1.54) is 6.07 Å². The second-order valence-electron chi connectivity index (χ2n) is 4.78. The Bertz CT molecular complexity index is 601. The predicted octanol–water partition coefficient (Wildman–Crippen LogP) is 3.71. The maximum absolute atomic E-state index is 13.5. The Morgan fingerprint density at radius 2 is 1.90 bits per heavy atom. The molecule has 0 bridgehead atoms. The molecule has 0 atom stereocenters. The highest BCUT2D eigenvalue weighted by Crippen LogP contribution is 2.34. The van der Waals surface area contributed by atoms with Gasteiger partial charge in [-0.15, -0.1) is 0 Å². The van der Waals surface area contributed by atoms with E-state index in [0.29, 0.717) is 6.54 Å². The van der Waals surface area contributed by atoms with Crippen LogP contribution in [0.4, 0.5) is 15.8 Å². The van der Waals surface area contributed by atoms with Crippen molar-refractivity contribution in [3.63, 3.8) is 0 Å². The molecular weight excluding hydrogens is 267 g/mol. The van der Waals surface area contributed by atoms with Gasteiger partial charge < -0.3 is 15.0 Å². The molecule has 0 saturated heterocycles. The number of nitrogens with zero attached hydrogens (tertiary/aromatic N) is 1. The summed E-state index contributed by atoms with van der Waals surface area (Å²) in [6.45, 7) is 3.50. The maximum Gasteiger partial charge on any atom is 0.142 e. The van der Waals surface area contributed by atoms with Gasteiger partial charge >= 0.3 is 0 Å². The van der Waals surface area contributed by atoms with E-state index < -0.39 is 0 Å². The summed E-state index contributed by atoms with van der Waals surface area (Å²) in [5, 5.41) is 3.24. The summed E-state index contributed by atoms with van der Waals surface area (Å²) in [4.78, 5) is 2.02. The third kappa shape index (κ3) is 3.52. The van der Waals surface area contributed by atoms with Crippen LogP contribution in [-0.4, -0.2) is 20.7 Å². The third-order valence-corrected chi connectivity index (χ3v) is 3.41. The van der Waals surface area contributed by atoms with Crippen molar-refractivity contribution in [1.29, 1.82) is 0 Å². The topological polar surface area (TPSA) is 24.5 Å². The number of benzene rings is 2. The third-order valence-electron chi connectivity index (χ3n) is 3.41. The number of nitrogens with one attached hydrogen (secondary N) is 1. The molecule has 0 heterocycles. The van der Waals surface area contributed by atoms with Crippen LogP contribution >= 0.6 is 0 Å². The molecule has 2 aromatic rings. The van der Waals surface area contributed by atoms with Crippen LogP contribution in [0.2, 0.25) is 0 Å². The second-order valence-corrected chi connectivity index (χ2v) is 4.78. The van der Waals surface area contributed by atoms with E-state index in [9.17, 15) is 4.39 Å². The summed E-state index contributed by atoms with van der Waals surface area (Å²) in [6.07, 6.45) is 0. The van der Waals surface area contributed by atoms with Gasteiger partial charge in [0.15, 0.2) is 0 Å². The molecule has 0 radical (unpaired) electrons. The number of methoxy groups -OCH3 is 1. The number of anilines is 2. The number of para-hydroxylation sites is 2. The molecule has 0 aliphatic carbocycles. The van der Waals surface area contributed by atoms with Crippen molar-refractivity contribution in [1.82, 2.24) is 5.32 Å². The van der Waals surface area contributed by atoms with Gasteiger partial charge in [-0.1, -0.05) is 19.1 Å². The summed E-state index contributed by atoms with van der Waals surface area (Å²) < 4.78 is 18.9. The zero-order chi connectivity index (χ0) is 15.2. The largest absolute Gasteiger partial charge is 0.495 e. The van der Waals surface area contributed by atoms with Gasteiger partial charge in [-0.2, -0.15) is 0 Å². The van der Waals surface area contributed by atoms with Crippen molar-refractivity contribution < 1.29 is 9.13 Å². The zero-order valence-corrected chi connectivity index (χ0v) is 12.7. The Kier molecular flexibility index (Phi) is 5.17. The van der Waals surface area contributed by atoms with Gasteiger partial charge in [0.1, 0.15) is 11.6 Å². The summed E-state index contributed by atoms with van der Waals surface area (Å²) >= 11 is 0. The van der Waals surface area contributed by atoms with Crippen molar-refractivity contribution in [2.24, 2.45) is 0 Å². The molecule has 2 aromatic carbocycles. The number of halogens is 1. The smallest absolute Gasteiger partial charge is 0.142 e. The first-order valence-electron chi connectivity index (χ1n) is 7.03. The fourth-order valence-electron chi connectivity index (χ4n) is 2.32. The molecule has 0 aliphatic rings. The highest BCUT2D eigenvalue weighted by Gasteiger charge is 2.13.